The van der Waals surface area contributed by atoms with E-state index in [1.807, 2.05) is 13.8 Å². The monoisotopic (exact) mass is 400 g/mol. The van der Waals surface area contributed by atoms with Crippen molar-refractivity contribution in [3.8, 4) is 0 Å². The van der Waals surface area contributed by atoms with Gasteiger partial charge in [-0.2, -0.15) is 0 Å². The summed E-state index contributed by atoms with van der Waals surface area (Å²) < 4.78 is 0. The molecule has 4 aliphatic carbocycles. The summed E-state index contributed by atoms with van der Waals surface area (Å²) in [4.78, 5) is 39.5. The molecule has 4 rings (SSSR count). The first-order valence-electron chi connectivity index (χ1n) is 11.2. The summed E-state index contributed by atoms with van der Waals surface area (Å²) in [5.41, 5.74) is -0.593. The second-order valence-corrected chi connectivity index (χ2v) is 11.7. The van der Waals surface area contributed by atoms with Gasteiger partial charge in [-0.1, -0.05) is 34.6 Å². The summed E-state index contributed by atoms with van der Waals surface area (Å²) in [7, 11) is 0. The largest absolute Gasteiger partial charge is 0.389 e. The maximum atomic E-state index is 13.7. The van der Waals surface area contributed by atoms with Crippen molar-refractivity contribution in [1.29, 1.82) is 0 Å². The standard InChI is InChI=1S/C25H36O4/c1-13-8-9-23(5)18(22(13,3)4)11-16(27)21-20(23)17(28)12-24(6)15(14(2)26)10-19(29)25(21,24)7/h13,15-16,18,27H,8-12H2,1-7H3/t13-,15+,16-,18-,23-,24+,25-/m0/s1. The molecule has 0 bridgehead atoms. The van der Waals surface area contributed by atoms with Gasteiger partial charge in [-0.05, 0) is 61.3 Å². The maximum Gasteiger partial charge on any atom is 0.160 e. The Morgan fingerprint density at radius 1 is 1.10 bits per heavy atom. The van der Waals surface area contributed by atoms with Gasteiger partial charge in [0.25, 0.3) is 0 Å². The smallest absolute Gasteiger partial charge is 0.160 e. The highest BCUT2D eigenvalue weighted by molar-refractivity contribution is 6.07. The molecule has 0 spiro atoms. The number of carbonyl (C=O) groups is 3. The van der Waals surface area contributed by atoms with Gasteiger partial charge in [0.2, 0.25) is 0 Å². The topological polar surface area (TPSA) is 71.4 Å². The van der Waals surface area contributed by atoms with Gasteiger partial charge in [0.05, 0.1) is 11.5 Å². The van der Waals surface area contributed by atoms with E-state index in [4.69, 9.17) is 0 Å². The van der Waals surface area contributed by atoms with Crippen LogP contribution in [0.15, 0.2) is 11.1 Å². The Morgan fingerprint density at radius 3 is 2.31 bits per heavy atom. The first-order valence-corrected chi connectivity index (χ1v) is 11.2. The van der Waals surface area contributed by atoms with Crippen molar-refractivity contribution in [3.63, 3.8) is 0 Å². The van der Waals surface area contributed by atoms with Crippen LogP contribution >= 0.6 is 0 Å². The maximum absolute atomic E-state index is 13.7. The molecule has 4 heteroatoms. The van der Waals surface area contributed by atoms with Gasteiger partial charge in [0, 0.05) is 29.7 Å². The minimum Gasteiger partial charge on any atom is -0.389 e. The van der Waals surface area contributed by atoms with Crippen LogP contribution in [0.5, 0.6) is 0 Å². The number of rotatable bonds is 1. The number of aliphatic hydroxyl groups is 1. The van der Waals surface area contributed by atoms with Crippen LogP contribution in [0.1, 0.15) is 80.6 Å². The molecule has 4 nitrogen and oxygen atoms in total. The number of carbonyl (C=O) groups excluding carboxylic acids is 3. The van der Waals surface area contributed by atoms with Gasteiger partial charge in [0.1, 0.15) is 11.6 Å². The molecule has 4 aliphatic rings. The van der Waals surface area contributed by atoms with Crippen LogP contribution in [0.25, 0.3) is 0 Å². The lowest BCUT2D eigenvalue weighted by Crippen LogP contribution is -2.59. The van der Waals surface area contributed by atoms with Gasteiger partial charge in [-0.3, -0.25) is 14.4 Å². The van der Waals surface area contributed by atoms with Gasteiger partial charge in [-0.15, -0.1) is 0 Å². The minimum absolute atomic E-state index is 0.00997. The number of allylic oxidation sites excluding steroid dienone is 1. The molecule has 1 N–H and O–H groups in total. The summed E-state index contributed by atoms with van der Waals surface area (Å²) in [5, 5.41) is 11.4. The van der Waals surface area contributed by atoms with Gasteiger partial charge in [-0.25, -0.2) is 0 Å². The molecule has 29 heavy (non-hydrogen) atoms. The third-order valence-corrected chi connectivity index (χ3v) is 10.4. The van der Waals surface area contributed by atoms with Gasteiger partial charge < -0.3 is 5.11 Å². The van der Waals surface area contributed by atoms with Crippen LogP contribution < -0.4 is 0 Å². The van der Waals surface area contributed by atoms with Crippen molar-refractivity contribution >= 4 is 17.3 Å². The Bertz CT molecular complexity index is 851. The molecule has 0 amide bonds. The van der Waals surface area contributed by atoms with E-state index in [2.05, 4.69) is 27.7 Å². The van der Waals surface area contributed by atoms with E-state index in [0.717, 1.165) is 18.4 Å². The zero-order valence-corrected chi connectivity index (χ0v) is 19.0. The van der Waals surface area contributed by atoms with Crippen LogP contribution in [0, 0.1) is 39.4 Å². The Hall–Kier alpha value is -1.29. The second kappa shape index (κ2) is 5.90. The summed E-state index contributed by atoms with van der Waals surface area (Å²) in [6, 6.07) is 0. The summed E-state index contributed by atoms with van der Waals surface area (Å²) in [5.74, 6) is 0.318. The molecule has 0 heterocycles. The minimum atomic E-state index is -0.937. The summed E-state index contributed by atoms with van der Waals surface area (Å²) in [6.07, 6.45) is 2.15. The van der Waals surface area contributed by atoms with Crippen LogP contribution in [-0.4, -0.2) is 28.6 Å². The van der Waals surface area contributed by atoms with E-state index in [9.17, 15) is 19.5 Å². The van der Waals surface area contributed by atoms with Crippen LogP contribution in [0.4, 0.5) is 0 Å². The molecule has 0 aromatic carbocycles. The Morgan fingerprint density at radius 2 is 1.72 bits per heavy atom. The molecule has 2 fully saturated rings. The van der Waals surface area contributed by atoms with Crippen LogP contribution in [0.3, 0.4) is 0 Å². The number of fused-ring (bicyclic) bond motifs is 4. The highest BCUT2D eigenvalue weighted by Crippen LogP contribution is 2.70. The van der Waals surface area contributed by atoms with Crippen molar-refractivity contribution < 1.29 is 19.5 Å². The van der Waals surface area contributed by atoms with E-state index in [1.54, 1.807) is 0 Å². The third-order valence-electron chi connectivity index (χ3n) is 10.4. The molecular weight excluding hydrogens is 364 g/mol. The SMILES string of the molecule is CC(=O)[C@H]1CC(=O)[C@@]2(C)C3=C(C(=O)C[C@]12C)[C@@]1(C)CC[C@H](C)C(C)(C)[C@@H]1C[C@@H]3O. The summed E-state index contributed by atoms with van der Waals surface area (Å²) in [6.45, 7) is 14.4. The van der Waals surface area contributed by atoms with Crippen molar-refractivity contribution in [2.75, 3.05) is 0 Å². The predicted octanol–water partition coefficient (Wildman–Crippen LogP) is 4.29. The van der Waals surface area contributed by atoms with Gasteiger partial charge >= 0.3 is 0 Å². The molecule has 0 saturated heterocycles. The van der Waals surface area contributed by atoms with Crippen molar-refractivity contribution in [2.45, 2.75) is 86.7 Å². The number of hydrogen-bond donors (Lipinski definition) is 1. The van der Waals surface area contributed by atoms with E-state index < -0.39 is 22.9 Å². The highest BCUT2D eigenvalue weighted by atomic mass is 16.3. The fourth-order valence-corrected chi connectivity index (χ4v) is 8.01. The average Bonchev–Trinajstić information content (AvgIpc) is 2.81. The zero-order chi connectivity index (χ0) is 21.7. The zero-order valence-electron chi connectivity index (χ0n) is 19.0. The first-order chi connectivity index (χ1) is 13.2. The highest BCUT2D eigenvalue weighted by Gasteiger charge is 2.70. The van der Waals surface area contributed by atoms with Crippen molar-refractivity contribution in [2.24, 2.45) is 39.4 Å². The third kappa shape index (κ3) is 2.27. The van der Waals surface area contributed by atoms with E-state index in [0.29, 0.717) is 17.9 Å². The van der Waals surface area contributed by atoms with E-state index in [1.165, 1.54) is 6.92 Å². The number of ketones is 3. The lowest BCUT2D eigenvalue weighted by Gasteiger charge is -2.62. The van der Waals surface area contributed by atoms with E-state index in [-0.39, 0.29) is 46.9 Å². The molecule has 2 saturated carbocycles. The molecular formula is C25H36O4. The quantitative estimate of drug-likeness (QED) is 0.713. The van der Waals surface area contributed by atoms with Crippen molar-refractivity contribution in [3.05, 3.63) is 11.1 Å². The normalized spacial score (nSPS) is 48.8. The lowest BCUT2D eigenvalue weighted by atomic mass is 9.42. The number of Topliss-reactive ketones (excluding diaryl/α,β-unsaturated/α-hetero) is 3. The number of aliphatic hydroxyl groups excluding tert-OH is 1. The summed E-state index contributed by atoms with van der Waals surface area (Å²) >= 11 is 0. The van der Waals surface area contributed by atoms with E-state index >= 15 is 0 Å². The second-order valence-electron chi connectivity index (χ2n) is 11.7. The molecule has 0 aliphatic heterocycles. The predicted molar refractivity (Wildman–Crippen MR) is 111 cm³/mol. The Labute approximate surface area is 174 Å². The molecule has 0 aromatic rings. The van der Waals surface area contributed by atoms with Crippen LogP contribution in [-0.2, 0) is 14.4 Å². The Kier molecular flexibility index (Phi) is 4.26. The molecule has 160 valence electrons. The number of hydrogen-bond acceptors (Lipinski definition) is 4. The van der Waals surface area contributed by atoms with Crippen molar-refractivity contribution in [1.82, 2.24) is 0 Å². The van der Waals surface area contributed by atoms with Crippen LogP contribution in [0.2, 0.25) is 0 Å². The first kappa shape index (κ1) is 21.0. The Balaban J connectivity index is 1.97. The average molecular weight is 401 g/mol. The fraction of sp³-hybridized carbons (Fsp3) is 0.800. The fourth-order valence-electron chi connectivity index (χ4n) is 8.01. The van der Waals surface area contributed by atoms with Gasteiger partial charge in [0.15, 0.2) is 5.78 Å². The molecule has 0 radical (unpaired) electrons. The lowest BCUT2D eigenvalue weighted by molar-refractivity contribution is -0.138. The molecule has 0 aromatic heterocycles. The molecule has 0 unspecified atom stereocenters. The molecule has 7 atom stereocenters.